The second-order valence-electron chi connectivity index (χ2n) is 6.08. The predicted octanol–water partition coefficient (Wildman–Crippen LogP) is 4.30. The largest absolute Gasteiger partial charge is 0.471 e. The van der Waals surface area contributed by atoms with Crippen molar-refractivity contribution >= 4 is 5.91 Å². The van der Waals surface area contributed by atoms with Gasteiger partial charge in [0.05, 0.1) is 0 Å². The van der Waals surface area contributed by atoms with E-state index in [0.29, 0.717) is 10.5 Å². The Morgan fingerprint density at radius 1 is 1.11 bits per heavy atom. The lowest BCUT2D eigenvalue weighted by Gasteiger charge is -2.25. The number of aromatic nitrogens is 2. The maximum absolute atomic E-state index is 12.7. The zero-order chi connectivity index (χ0) is 20.4. The molecule has 0 N–H and O–H groups in total. The Morgan fingerprint density at radius 2 is 1.70 bits per heavy atom. The van der Waals surface area contributed by atoms with Crippen molar-refractivity contribution in [1.82, 2.24) is 15.0 Å². The molecule has 0 bridgehead atoms. The first-order valence-electron chi connectivity index (χ1n) is 7.72. The SMILES string of the molecule is CC(C)C(=O)N(Cc1ccc(-c2noc(C(F)(F)F)n2)cc1)CC(F)(F)F. The van der Waals surface area contributed by atoms with E-state index in [2.05, 4.69) is 14.7 Å². The first-order chi connectivity index (χ1) is 12.4. The fourth-order valence-electron chi connectivity index (χ4n) is 2.23. The summed E-state index contributed by atoms with van der Waals surface area (Å²) in [6, 6.07) is 5.45. The molecule has 1 aromatic carbocycles. The van der Waals surface area contributed by atoms with Crippen LogP contribution in [0.15, 0.2) is 28.8 Å². The topological polar surface area (TPSA) is 59.2 Å². The summed E-state index contributed by atoms with van der Waals surface area (Å²) in [7, 11) is 0. The molecule has 0 aliphatic rings. The minimum atomic E-state index is -4.78. The summed E-state index contributed by atoms with van der Waals surface area (Å²) >= 11 is 0. The van der Waals surface area contributed by atoms with Crippen LogP contribution in [0.2, 0.25) is 0 Å². The average Bonchev–Trinajstić information content (AvgIpc) is 3.03. The highest BCUT2D eigenvalue weighted by Crippen LogP contribution is 2.29. The molecule has 0 fully saturated rings. The van der Waals surface area contributed by atoms with E-state index in [1.807, 2.05) is 0 Å². The Morgan fingerprint density at radius 3 is 2.15 bits per heavy atom. The molecule has 0 radical (unpaired) electrons. The molecule has 2 rings (SSSR count). The van der Waals surface area contributed by atoms with Gasteiger partial charge in [0.1, 0.15) is 6.54 Å². The van der Waals surface area contributed by atoms with Gasteiger partial charge in [-0.05, 0) is 5.56 Å². The Kier molecular flexibility index (Phi) is 5.81. The first kappa shape index (κ1) is 20.7. The van der Waals surface area contributed by atoms with Gasteiger partial charge in [0, 0.05) is 18.0 Å². The molecule has 148 valence electrons. The molecular weight excluding hydrogens is 380 g/mol. The van der Waals surface area contributed by atoms with E-state index < -0.39 is 36.6 Å². The van der Waals surface area contributed by atoms with Crippen LogP contribution >= 0.6 is 0 Å². The molecular formula is C16H15F6N3O2. The van der Waals surface area contributed by atoms with Gasteiger partial charge in [0.15, 0.2) is 0 Å². The van der Waals surface area contributed by atoms with Gasteiger partial charge >= 0.3 is 18.2 Å². The molecule has 11 heteroatoms. The normalized spacial score (nSPS) is 12.5. The lowest BCUT2D eigenvalue weighted by Crippen LogP contribution is -2.40. The standard InChI is InChI=1S/C16H15F6N3O2/c1-9(2)13(26)25(8-15(17,18)19)7-10-3-5-11(6-4-10)12-23-14(27-24-12)16(20,21)22/h3-6,9H,7-8H2,1-2H3. The van der Waals surface area contributed by atoms with Crippen molar-refractivity contribution in [2.45, 2.75) is 32.7 Å². The molecule has 0 unspecified atom stereocenters. The lowest BCUT2D eigenvalue weighted by molar-refractivity contribution is -0.164. The fourth-order valence-corrected chi connectivity index (χ4v) is 2.23. The molecule has 0 aliphatic heterocycles. The molecule has 1 amide bonds. The van der Waals surface area contributed by atoms with Crippen LogP contribution in [0.1, 0.15) is 25.3 Å². The molecule has 0 saturated carbocycles. The van der Waals surface area contributed by atoms with Crippen LogP contribution in [0.25, 0.3) is 11.4 Å². The number of alkyl halides is 6. The number of hydrogen-bond donors (Lipinski definition) is 0. The number of carbonyl (C=O) groups is 1. The van der Waals surface area contributed by atoms with E-state index in [1.54, 1.807) is 0 Å². The summed E-state index contributed by atoms with van der Waals surface area (Å²) in [5.41, 5.74) is 0.562. The van der Waals surface area contributed by atoms with Gasteiger partial charge in [-0.1, -0.05) is 43.3 Å². The van der Waals surface area contributed by atoms with Crippen molar-refractivity contribution in [3.8, 4) is 11.4 Å². The van der Waals surface area contributed by atoms with Gasteiger partial charge in [0.2, 0.25) is 11.7 Å². The Labute approximate surface area is 150 Å². The van der Waals surface area contributed by atoms with Crippen molar-refractivity contribution in [1.29, 1.82) is 0 Å². The predicted molar refractivity (Wildman–Crippen MR) is 81.0 cm³/mol. The smallest absolute Gasteiger partial charge is 0.329 e. The molecule has 1 aromatic heterocycles. The highest BCUT2D eigenvalue weighted by Gasteiger charge is 2.38. The van der Waals surface area contributed by atoms with Gasteiger partial charge < -0.3 is 9.42 Å². The third-order valence-electron chi connectivity index (χ3n) is 3.43. The Hall–Kier alpha value is -2.59. The van der Waals surface area contributed by atoms with Crippen LogP contribution in [-0.4, -0.2) is 33.7 Å². The molecule has 1 heterocycles. The number of hydrogen-bond acceptors (Lipinski definition) is 4. The maximum Gasteiger partial charge on any atom is 0.471 e. The fraction of sp³-hybridized carbons (Fsp3) is 0.438. The summed E-state index contributed by atoms with van der Waals surface area (Å²) in [6.45, 7) is 1.29. The van der Waals surface area contributed by atoms with E-state index in [0.717, 1.165) is 0 Å². The molecule has 2 aromatic rings. The summed E-state index contributed by atoms with van der Waals surface area (Å²) in [5.74, 6) is -3.09. The van der Waals surface area contributed by atoms with Gasteiger partial charge in [-0.15, -0.1) is 0 Å². The highest BCUT2D eigenvalue weighted by atomic mass is 19.4. The van der Waals surface area contributed by atoms with Gasteiger partial charge in [-0.2, -0.15) is 31.3 Å². The van der Waals surface area contributed by atoms with Crippen LogP contribution < -0.4 is 0 Å². The second kappa shape index (κ2) is 7.57. The molecule has 0 saturated heterocycles. The van der Waals surface area contributed by atoms with Crippen LogP contribution in [-0.2, 0) is 17.5 Å². The Balaban J connectivity index is 2.17. The number of amides is 1. The second-order valence-corrected chi connectivity index (χ2v) is 6.08. The number of carbonyl (C=O) groups excluding carboxylic acids is 1. The van der Waals surface area contributed by atoms with Crippen molar-refractivity contribution < 1.29 is 35.7 Å². The van der Waals surface area contributed by atoms with E-state index in [-0.39, 0.29) is 17.9 Å². The molecule has 0 atom stereocenters. The van der Waals surface area contributed by atoms with Crippen LogP contribution in [0.4, 0.5) is 26.3 Å². The third kappa shape index (κ3) is 5.69. The van der Waals surface area contributed by atoms with Crippen LogP contribution in [0.5, 0.6) is 0 Å². The quantitative estimate of drug-likeness (QED) is 0.709. The summed E-state index contributed by atoms with van der Waals surface area (Å²) < 4.78 is 79.7. The zero-order valence-electron chi connectivity index (χ0n) is 14.2. The minimum absolute atomic E-state index is 0.190. The monoisotopic (exact) mass is 395 g/mol. The summed E-state index contributed by atoms with van der Waals surface area (Å²) in [4.78, 5) is 15.9. The maximum atomic E-state index is 12.7. The van der Waals surface area contributed by atoms with Crippen molar-refractivity contribution in [2.75, 3.05) is 6.54 Å². The first-order valence-corrected chi connectivity index (χ1v) is 7.72. The van der Waals surface area contributed by atoms with Gasteiger partial charge in [-0.25, -0.2) is 0 Å². The molecule has 0 aliphatic carbocycles. The molecule has 5 nitrogen and oxygen atoms in total. The summed E-state index contributed by atoms with van der Waals surface area (Å²) in [5, 5.41) is 3.22. The molecule has 0 spiro atoms. The molecule has 27 heavy (non-hydrogen) atoms. The highest BCUT2D eigenvalue weighted by molar-refractivity contribution is 5.78. The number of benzene rings is 1. The minimum Gasteiger partial charge on any atom is -0.329 e. The van der Waals surface area contributed by atoms with E-state index in [1.165, 1.54) is 38.1 Å². The van der Waals surface area contributed by atoms with Crippen LogP contribution in [0.3, 0.4) is 0 Å². The third-order valence-corrected chi connectivity index (χ3v) is 3.43. The van der Waals surface area contributed by atoms with Crippen LogP contribution in [0, 0.1) is 5.92 Å². The average molecular weight is 395 g/mol. The van der Waals surface area contributed by atoms with Crippen molar-refractivity contribution in [3.63, 3.8) is 0 Å². The van der Waals surface area contributed by atoms with Crippen molar-refractivity contribution in [3.05, 3.63) is 35.7 Å². The van der Waals surface area contributed by atoms with Gasteiger partial charge in [-0.3, -0.25) is 4.79 Å². The lowest BCUT2D eigenvalue weighted by atomic mass is 10.1. The zero-order valence-corrected chi connectivity index (χ0v) is 14.2. The number of rotatable bonds is 5. The number of halogens is 6. The number of nitrogens with zero attached hydrogens (tertiary/aromatic N) is 3. The van der Waals surface area contributed by atoms with Crippen molar-refractivity contribution in [2.24, 2.45) is 5.92 Å². The van der Waals surface area contributed by atoms with E-state index in [9.17, 15) is 31.1 Å². The van der Waals surface area contributed by atoms with E-state index >= 15 is 0 Å². The van der Waals surface area contributed by atoms with Gasteiger partial charge in [0.25, 0.3) is 0 Å². The van der Waals surface area contributed by atoms with E-state index in [4.69, 9.17) is 0 Å². The Bertz CT molecular complexity index is 781. The summed E-state index contributed by atoms with van der Waals surface area (Å²) in [6.07, 6.45) is -9.33.